The number of hydrogen-bond acceptors (Lipinski definition) is 2. The number of pyridine rings is 1. The van der Waals surface area contributed by atoms with Crippen molar-refractivity contribution in [2.45, 2.75) is 6.54 Å². The summed E-state index contributed by atoms with van der Waals surface area (Å²) in [5.74, 6) is -2.92. The Balaban J connectivity index is 1.91. The molecule has 1 aromatic heterocycles. The lowest BCUT2D eigenvalue weighted by Gasteiger charge is -2.12. The summed E-state index contributed by atoms with van der Waals surface area (Å²) in [5.41, 5.74) is -0.428. The molecule has 2 aromatic carbocycles. The summed E-state index contributed by atoms with van der Waals surface area (Å²) in [6.07, 6.45) is 1.29. The number of aromatic nitrogens is 1. The lowest BCUT2D eigenvalue weighted by Crippen LogP contribution is -2.21. The van der Waals surface area contributed by atoms with Gasteiger partial charge in [0.1, 0.15) is 24.0 Å². The van der Waals surface area contributed by atoms with Gasteiger partial charge in [-0.05, 0) is 24.3 Å². The number of benzene rings is 2. The largest absolute Gasteiger partial charge is 0.335 e. The first-order valence-electron chi connectivity index (χ1n) is 6.97. The van der Waals surface area contributed by atoms with E-state index in [0.717, 1.165) is 12.1 Å². The van der Waals surface area contributed by atoms with E-state index in [4.69, 9.17) is 0 Å². The molecule has 0 bridgehead atoms. The Morgan fingerprint density at radius 2 is 1.75 bits per heavy atom. The van der Waals surface area contributed by atoms with E-state index in [2.05, 4.69) is 5.32 Å². The lowest BCUT2D eigenvalue weighted by atomic mass is 10.2. The molecule has 1 amide bonds. The minimum Gasteiger partial charge on any atom is -0.335 e. The van der Waals surface area contributed by atoms with Gasteiger partial charge in [0.05, 0.1) is 5.52 Å². The van der Waals surface area contributed by atoms with Crippen LogP contribution in [-0.2, 0) is 11.3 Å². The van der Waals surface area contributed by atoms with Gasteiger partial charge in [-0.2, -0.15) is 0 Å². The Labute approximate surface area is 134 Å². The van der Waals surface area contributed by atoms with E-state index in [9.17, 15) is 22.8 Å². The third-order valence-corrected chi connectivity index (χ3v) is 3.41. The van der Waals surface area contributed by atoms with Gasteiger partial charge in [0.25, 0.3) is 0 Å². The fourth-order valence-corrected chi connectivity index (χ4v) is 2.44. The molecule has 0 aliphatic carbocycles. The number of nitrogens with one attached hydrogen (secondary N) is 1. The van der Waals surface area contributed by atoms with Crippen molar-refractivity contribution in [2.24, 2.45) is 0 Å². The quantitative estimate of drug-likeness (QED) is 0.801. The molecule has 0 fully saturated rings. The molecular weight excluding hydrogens is 321 g/mol. The van der Waals surface area contributed by atoms with Gasteiger partial charge in [-0.25, -0.2) is 13.2 Å². The third-order valence-electron chi connectivity index (χ3n) is 3.41. The van der Waals surface area contributed by atoms with Gasteiger partial charge in [0.15, 0.2) is 5.43 Å². The normalized spacial score (nSPS) is 10.8. The summed E-state index contributed by atoms with van der Waals surface area (Å²) in [5, 5.41) is 2.47. The van der Waals surface area contributed by atoms with Gasteiger partial charge in [0, 0.05) is 29.4 Å². The summed E-state index contributed by atoms with van der Waals surface area (Å²) in [4.78, 5) is 23.8. The van der Waals surface area contributed by atoms with Crippen LogP contribution in [-0.4, -0.2) is 10.5 Å². The van der Waals surface area contributed by atoms with Crippen LogP contribution in [0.4, 0.5) is 18.9 Å². The molecule has 0 saturated heterocycles. The van der Waals surface area contributed by atoms with Crippen LogP contribution in [0.1, 0.15) is 0 Å². The van der Waals surface area contributed by atoms with Gasteiger partial charge in [-0.1, -0.05) is 6.07 Å². The molecule has 0 spiro atoms. The van der Waals surface area contributed by atoms with Crippen LogP contribution in [0.3, 0.4) is 0 Å². The van der Waals surface area contributed by atoms with Crippen molar-refractivity contribution in [2.75, 3.05) is 5.32 Å². The molecule has 7 heteroatoms. The highest BCUT2D eigenvalue weighted by Crippen LogP contribution is 2.16. The lowest BCUT2D eigenvalue weighted by molar-refractivity contribution is -0.116. The van der Waals surface area contributed by atoms with Crippen LogP contribution in [0.5, 0.6) is 0 Å². The topological polar surface area (TPSA) is 51.1 Å². The summed E-state index contributed by atoms with van der Waals surface area (Å²) in [7, 11) is 0. The molecule has 0 aliphatic heterocycles. The number of halogens is 3. The highest BCUT2D eigenvalue weighted by Gasteiger charge is 2.11. The Morgan fingerprint density at radius 3 is 2.46 bits per heavy atom. The molecular formula is C17H11F3N2O2. The molecule has 0 aliphatic rings. The Kier molecular flexibility index (Phi) is 4.07. The van der Waals surface area contributed by atoms with Crippen LogP contribution in [0, 0.1) is 17.5 Å². The minimum atomic E-state index is -0.829. The molecule has 0 saturated carbocycles. The van der Waals surface area contributed by atoms with Crippen LogP contribution >= 0.6 is 0 Å². The SMILES string of the molecule is O=C(Cn1ccc(=O)c2cccc(F)c21)Nc1cc(F)cc(F)c1. The number of rotatable bonds is 3. The predicted molar refractivity (Wildman–Crippen MR) is 83.2 cm³/mol. The molecule has 1 N–H and O–H groups in total. The summed E-state index contributed by atoms with van der Waals surface area (Å²) in [6, 6.07) is 7.86. The second-order valence-corrected chi connectivity index (χ2v) is 5.15. The maximum Gasteiger partial charge on any atom is 0.244 e. The first kappa shape index (κ1) is 15.8. The number of anilines is 1. The van der Waals surface area contributed by atoms with E-state index < -0.39 is 23.4 Å². The summed E-state index contributed by atoms with van der Waals surface area (Å²) >= 11 is 0. The number of fused-ring (bicyclic) bond motifs is 1. The Morgan fingerprint density at radius 1 is 1.04 bits per heavy atom. The van der Waals surface area contributed by atoms with Crippen LogP contribution in [0.2, 0.25) is 0 Å². The number of carbonyl (C=O) groups is 1. The average molecular weight is 332 g/mol. The molecule has 24 heavy (non-hydrogen) atoms. The second kappa shape index (κ2) is 6.19. The first-order valence-corrected chi connectivity index (χ1v) is 6.97. The molecule has 122 valence electrons. The highest BCUT2D eigenvalue weighted by molar-refractivity contribution is 5.91. The number of para-hydroxylation sites is 1. The van der Waals surface area contributed by atoms with E-state index >= 15 is 0 Å². The van der Waals surface area contributed by atoms with Gasteiger partial charge >= 0.3 is 0 Å². The zero-order valence-corrected chi connectivity index (χ0v) is 12.2. The Bertz CT molecular complexity index is 979. The van der Waals surface area contributed by atoms with Crippen molar-refractivity contribution in [3.63, 3.8) is 0 Å². The smallest absolute Gasteiger partial charge is 0.244 e. The van der Waals surface area contributed by atoms with Crippen molar-refractivity contribution in [1.82, 2.24) is 4.57 Å². The molecule has 3 aromatic rings. The van der Waals surface area contributed by atoms with E-state index in [1.807, 2.05) is 0 Å². The summed E-state index contributed by atoms with van der Waals surface area (Å²) in [6.45, 7) is -0.324. The zero-order chi connectivity index (χ0) is 17.3. The Hall–Kier alpha value is -3.09. The van der Waals surface area contributed by atoms with Crippen molar-refractivity contribution in [3.8, 4) is 0 Å². The molecule has 0 atom stereocenters. The number of nitrogens with zero attached hydrogens (tertiary/aromatic N) is 1. The van der Waals surface area contributed by atoms with E-state index in [-0.39, 0.29) is 28.6 Å². The second-order valence-electron chi connectivity index (χ2n) is 5.15. The minimum absolute atomic E-state index is 0.00873. The molecule has 0 unspecified atom stereocenters. The fraction of sp³-hybridized carbons (Fsp3) is 0.0588. The van der Waals surface area contributed by atoms with E-state index in [1.54, 1.807) is 0 Å². The van der Waals surface area contributed by atoms with Crippen LogP contribution < -0.4 is 10.7 Å². The molecule has 3 rings (SSSR count). The number of hydrogen-bond donors (Lipinski definition) is 1. The third kappa shape index (κ3) is 3.15. The van der Waals surface area contributed by atoms with Crippen LogP contribution in [0.15, 0.2) is 53.5 Å². The van der Waals surface area contributed by atoms with Gasteiger partial charge in [-0.15, -0.1) is 0 Å². The first-order chi connectivity index (χ1) is 11.4. The van der Waals surface area contributed by atoms with Crippen molar-refractivity contribution in [1.29, 1.82) is 0 Å². The molecule has 1 heterocycles. The molecule has 4 nitrogen and oxygen atoms in total. The van der Waals surface area contributed by atoms with Gasteiger partial charge in [-0.3, -0.25) is 9.59 Å². The van der Waals surface area contributed by atoms with Crippen LogP contribution in [0.25, 0.3) is 10.9 Å². The standard InChI is InChI=1S/C17H11F3N2O2/c18-10-6-11(19)8-12(7-10)21-16(24)9-22-5-4-15(23)13-2-1-3-14(20)17(13)22/h1-8H,9H2,(H,21,24). The van der Waals surface area contributed by atoms with E-state index in [1.165, 1.54) is 35.0 Å². The fourth-order valence-electron chi connectivity index (χ4n) is 2.44. The maximum absolute atomic E-state index is 14.0. The number of amides is 1. The maximum atomic E-state index is 14.0. The monoisotopic (exact) mass is 332 g/mol. The van der Waals surface area contributed by atoms with Gasteiger partial charge in [0.2, 0.25) is 5.91 Å². The molecule has 0 radical (unpaired) electrons. The zero-order valence-electron chi connectivity index (χ0n) is 12.2. The van der Waals surface area contributed by atoms with E-state index in [0.29, 0.717) is 6.07 Å². The average Bonchev–Trinajstić information content (AvgIpc) is 2.49. The summed E-state index contributed by atoms with van der Waals surface area (Å²) < 4.78 is 41.5. The highest BCUT2D eigenvalue weighted by atomic mass is 19.1. The van der Waals surface area contributed by atoms with Crippen molar-refractivity contribution >= 4 is 22.5 Å². The predicted octanol–water partition coefficient (Wildman–Crippen LogP) is 3.06. The number of carbonyl (C=O) groups excluding carboxylic acids is 1. The van der Waals surface area contributed by atoms with Gasteiger partial charge < -0.3 is 9.88 Å². The van der Waals surface area contributed by atoms with Crippen molar-refractivity contribution < 1.29 is 18.0 Å². The van der Waals surface area contributed by atoms with Crippen molar-refractivity contribution in [3.05, 3.63) is 76.3 Å².